The Kier molecular flexibility index (Phi) is 6.19. The van der Waals surface area contributed by atoms with Crippen molar-refractivity contribution in [3.8, 4) is 0 Å². The molecular weight excluding hydrogens is 481 g/mol. The lowest BCUT2D eigenvalue weighted by atomic mass is 10.1. The van der Waals surface area contributed by atoms with E-state index in [2.05, 4.69) is 19.8 Å². The van der Waals surface area contributed by atoms with E-state index in [0.717, 1.165) is 4.68 Å². The van der Waals surface area contributed by atoms with Crippen molar-refractivity contribution >= 4 is 21.3 Å². The standard InChI is InChI=1S/C21H24F5N5O2S/c1-27-34(2,33)15-9-14(6-8-28-15)29-19(32)18-16(21(24,25)26)17(13-3-4-13)30-31(18)11-12-5-7-20(22,23)10-12/h6,8-9,12-13H,3-5,7,10-11H2,1-2H3,(H,28,29,32). The van der Waals surface area contributed by atoms with Crippen LogP contribution in [0.5, 0.6) is 0 Å². The Balaban J connectivity index is 1.73. The molecule has 34 heavy (non-hydrogen) atoms. The van der Waals surface area contributed by atoms with E-state index in [0.29, 0.717) is 12.8 Å². The second kappa shape index (κ2) is 8.58. The summed E-state index contributed by atoms with van der Waals surface area (Å²) in [5.74, 6) is -4.97. The van der Waals surface area contributed by atoms with Gasteiger partial charge in [0.15, 0.2) is 0 Å². The largest absolute Gasteiger partial charge is 0.420 e. The topological polar surface area (TPSA) is 89.2 Å². The van der Waals surface area contributed by atoms with Crippen molar-refractivity contribution in [2.75, 3.05) is 18.6 Å². The third-order valence-corrected chi connectivity index (χ3v) is 7.80. The fourth-order valence-electron chi connectivity index (χ4n) is 4.19. The van der Waals surface area contributed by atoms with Gasteiger partial charge in [-0.15, -0.1) is 0 Å². The summed E-state index contributed by atoms with van der Waals surface area (Å²) in [6.07, 6.45) is -1.90. The second-order valence-corrected chi connectivity index (χ2v) is 11.2. The summed E-state index contributed by atoms with van der Waals surface area (Å²) in [5.41, 5.74) is -1.98. The van der Waals surface area contributed by atoms with E-state index in [1.807, 2.05) is 0 Å². The van der Waals surface area contributed by atoms with Gasteiger partial charge in [0.25, 0.3) is 5.91 Å². The monoisotopic (exact) mass is 505 g/mol. The van der Waals surface area contributed by atoms with E-state index >= 15 is 0 Å². The molecular formula is C21H24F5N5O2S. The van der Waals surface area contributed by atoms with Crippen molar-refractivity contribution in [2.45, 2.75) is 61.7 Å². The summed E-state index contributed by atoms with van der Waals surface area (Å²) >= 11 is 0. The zero-order chi connectivity index (χ0) is 24.9. The number of hydrogen-bond acceptors (Lipinski definition) is 5. The van der Waals surface area contributed by atoms with Gasteiger partial charge in [-0.2, -0.15) is 18.3 Å². The number of alkyl halides is 5. The average Bonchev–Trinajstić information content (AvgIpc) is 3.43. The number of aromatic nitrogens is 3. The number of nitrogens with zero attached hydrogens (tertiary/aromatic N) is 4. The van der Waals surface area contributed by atoms with E-state index in [9.17, 15) is 31.0 Å². The molecule has 0 aliphatic heterocycles. The Labute approximate surface area is 193 Å². The van der Waals surface area contributed by atoms with E-state index in [1.165, 1.54) is 31.6 Å². The highest BCUT2D eigenvalue weighted by Gasteiger charge is 2.47. The van der Waals surface area contributed by atoms with Crippen molar-refractivity contribution in [3.05, 3.63) is 35.3 Å². The summed E-state index contributed by atoms with van der Waals surface area (Å²) in [6, 6.07) is 2.63. The van der Waals surface area contributed by atoms with Crippen molar-refractivity contribution in [3.63, 3.8) is 0 Å². The van der Waals surface area contributed by atoms with Crippen molar-refractivity contribution < 1.29 is 31.0 Å². The van der Waals surface area contributed by atoms with Gasteiger partial charge in [-0.05, 0) is 37.3 Å². The highest BCUT2D eigenvalue weighted by Crippen LogP contribution is 2.47. The molecule has 2 saturated carbocycles. The zero-order valence-corrected chi connectivity index (χ0v) is 19.3. The SMILES string of the molecule is CN=S(C)(=O)c1cc(NC(=O)c2c(C(F)(F)F)c(C3CC3)nn2CC2CCC(F)(F)C2)ccn1. The fourth-order valence-corrected chi connectivity index (χ4v) is 4.97. The molecule has 1 amide bonds. The predicted octanol–water partition coefficient (Wildman–Crippen LogP) is 4.95. The maximum Gasteiger partial charge on any atom is 0.420 e. The second-order valence-electron chi connectivity index (χ2n) is 8.85. The number of hydrogen-bond donors (Lipinski definition) is 1. The molecule has 2 aromatic heterocycles. The number of carbonyl (C=O) groups is 1. The van der Waals surface area contributed by atoms with E-state index < -0.39 is 57.2 Å². The molecule has 7 nitrogen and oxygen atoms in total. The van der Waals surface area contributed by atoms with Crippen LogP contribution < -0.4 is 5.32 Å². The summed E-state index contributed by atoms with van der Waals surface area (Å²) in [7, 11) is -1.50. The molecule has 186 valence electrons. The minimum absolute atomic E-state index is 0.0595. The van der Waals surface area contributed by atoms with Crippen molar-refractivity contribution in [2.24, 2.45) is 10.3 Å². The maximum atomic E-state index is 14.1. The van der Waals surface area contributed by atoms with Crippen LogP contribution in [-0.2, 0) is 22.5 Å². The summed E-state index contributed by atoms with van der Waals surface area (Å²) in [4.78, 5) is 17.1. The fraction of sp³-hybridized carbons (Fsp3) is 0.571. The summed E-state index contributed by atoms with van der Waals surface area (Å²) in [5, 5.41) is 6.57. The predicted molar refractivity (Wildman–Crippen MR) is 114 cm³/mol. The van der Waals surface area contributed by atoms with Gasteiger partial charge in [0, 0.05) is 50.5 Å². The van der Waals surface area contributed by atoms with Crippen molar-refractivity contribution in [1.82, 2.24) is 14.8 Å². The van der Waals surface area contributed by atoms with Gasteiger partial charge in [-0.25, -0.2) is 22.3 Å². The molecule has 2 aliphatic carbocycles. The average molecular weight is 506 g/mol. The van der Waals surface area contributed by atoms with Crippen LogP contribution in [0.4, 0.5) is 27.6 Å². The molecule has 2 heterocycles. The first-order valence-corrected chi connectivity index (χ1v) is 12.7. The Bertz CT molecular complexity index is 1230. The van der Waals surface area contributed by atoms with Crippen LogP contribution in [0, 0.1) is 5.92 Å². The van der Waals surface area contributed by atoms with Crippen LogP contribution in [0.25, 0.3) is 0 Å². The lowest BCUT2D eigenvalue weighted by Crippen LogP contribution is -2.24. The molecule has 4 rings (SSSR count). The third-order valence-electron chi connectivity index (χ3n) is 6.11. The Morgan fingerprint density at radius 1 is 1.32 bits per heavy atom. The molecule has 0 radical (unpaired) electrons. The first-order valence-electron chi connectivity index (χ1n) is 10.7. The molecule has 2 unspecified atom stereocenters. The summed E-state index contributed by atoms with van der Waals surface area (Å²) in [6.45, 7) is -0.215. The first-order chi connectivity index (χ1) is 15.8. The van der Waals surface area contributed by atoms with Crippen molar-refractivity contribution in [1.29, 1.82) is 0 Å². The number of halogens is 5. The van der Waals surface area contributed by atoms with Gasteiger partial charge >= 0.3 is 6.18 Å². The third kappa shape index (κ3) is 5.08. The smallest absolute Gasteiger partial charge is 0.320 e. The van der Waals surface area contributed by atoms with Gasteiger partial charge < -0.3 is 5.32 Å². The van der Waals surface area contributed by atoms with Crippen LogP contribution in [-0.4, -0.2) is 44.1 Å². The van der Waals surface area contributed by atoms with Gasteiger partial charge in [0.2, 0.25) is 5.92 Å². The lowest BCUT2D eigenvalue weighted by molar-refractivity contribution is -0.138. The number of carbonyl (C=O) groups excluding carboxylic acids is 1. The quantitative estimate of drug-likeness (QED) is 0.563. The zero-order valence-electron chi connectivity index (χ0n) is 18.5. The van der Waals surface area contributed by atoms with Crippen LogP contribution in [0.3, 0.4) is 0 Å². The highest BCUT2D eigenvalue weighted by atomic mass is 32.2. The molecule has 0 saturated heterocycles. The Morgan fingerprint density at radius 2 is 2.03 bits per heavy atom. The molecule has 0 aromatic carbocycles. The van der Waals surface area contributed by atoms with E-state index in [-0.39, 0.29) is 35.8 Å². The first kappa shape index (κ1) is 24.6. The van der Waals surface area contributed by atoms with Gasteiger partial charge in [-0.1, -0.05) is 0 Å². The van der Waals surface area contributed by atoms with Crippen LogP contribution >= 0.6 is 0 Å². The minimum Gasteiger partial charge on any atom is -0.320 e. The summed E-state index contributed by atoms with van der Waals surface area (Å²) < 4.78 is 86.8. The molecule has 2 atom stereocenters. The molecule has 2 aliphatic rings. The van der Waals surface area contributed by atoms with Gasteiger partial charge in [-0.3, -0.25) is 9.48 Å². The van der Waals surface area contributed by atoms with Crippen LogP contribution in [0.2, 0.25) is 0 Å². The number of rotatable bonds is 6. The maximum absolute atomic E-state index is 14.1. The number of nitrogens with one attached hydrogen (secondary N) is 1. The minimum atomic E-state index is -4.86. The van der Waals surface area contributed by atoms with Crippen LogP contribution in [0.1, 0.15) is 59.8 Å². The number of pyridine rings is 1. The Morgan fingerprint density at radius 3 is 2.59 bits per heavy atom. The number of anilines is 1. The van der Waals surface area contributed by atoms with Gasteiger partial charge in [0.1, 0.15) is 16.3 Å². The molecule has 2 fully saturated rings. The Hall–Kier alpha value is -2.57. The normalized spacial score (nSPS) is 21.8. The van der Waals surface area contributed by atoms with E-state index in [4.69, 9.17) is 0 Å². The lowest BCUT2D eigenvalue weighted by Gasteiger charge is -2.15. The highest BCUT2D eigenvalue weighted by molar-refractivity contribution is 7.92. The molecule has 0 spiro atoms. The molecule has 13 heteroatoms. The van der Waals surface area contributed by atoms with Crippen LogP contribution in [0.15, 0.2) is 27.7 Å². The number of amides is 1. The molecule has 0 bridgehead atoms. The molecule has 1 N–H and O–H groups in total. The van der Waals surface area contributed by atoms with Gasteiger partial charge in [0.05, 0.1) is 15.4 Å². The van der Waals surface area contributed by atoms with E-state index in [1.54, 1.807) is 0 Å². The molecule has 2 aromatic rings.